The first-order valence-electron chi connectivity index (χ1n) is 7.75. The zero-order valence-corrected chi connectivity index (χ0v) is 14.4. The van der Waals surface area contributed by atoms with Crippen molar-refractivity contribution in [1.82, 2.24) is 9.88 Å². The van der Waals surface area contributed by atoms with E-state index in [1.54, 1.807) is 0 Å². The number of benzene rings is 2. The molecule has 116 valence electrons. The molecule has 1 unspecified atom stereocenters. The molecule has 3 aromatic rings. The van der Waals surface area contributed by atoms with E-state index in [9.17, 15) is 4.79 Å². The fraction of sp³-hybridized carbons (Fsp3) is 0.211. The zero-order valence-electron chi connectivity index (χ0n) is 12.8. The van der Waals surface area contributed by atoms with Crippen LogP contribution in [0.15, 0.2) is 46.9 Å². The topological polar surface area (TPSA) is 36.1 Å². The summed E-state index contributed by atoms with van der Waals surface area (Å²) in [5, 5.41) is 1.25. The number of hydrogen-bond donors (Lipinski definition) is 1. The summed E-state index contributed by atoms with van der Waals surface area (Å²) in [4.78, 5) is 17.1. The number of rotatable bonds is 2. The van der Waals surface area contributed by atoms with Gasteiger partial charge in [0.15, 0.2) is 0 Å². The second kappa shape index (κ2) is 5.53. The molecule has 0 aliphatic carbocycles. The number of hydrogen-bond acceptors (Lipinski definition) is 1. The van der Waals surface area contributed by atoms with E-state index in [0.29, 0.717) is 0 Å². The highest BCUT2D eigenvalue weighted by atomic mass is 79.9. The van der Waals surface area contributed by atoms with Crippen LogP contribution in [0.25, 0.3) is 10.9 Å². The Morgan fingerprint density at radius 1 is 1.26 bits per heavy atom. The summed E-state index contributed by atoms with van der Waals surface area (Å²) in [5.74, 6) is 0. The van der Waals surface area contributed by atoms with Gasteiger partial charge in [-0.1, -0.05) is 45.8 Å². The summed E-state index contributed by atoms with van der Waals surface area (Å²) in [6.45, 7) is 2.83. The molecular weight excluding hydrogens is 352 g/mol. The summed E-state index contributed by atoms with van der Waals surface area (Å²) >= 11 is 3.56. The first-order valence-corrected chi connectivity index (χ1v) is 8.54. The Balaban J connectivity index is 1.94. The van der Waals surface area contributed by atoms with Crippen molar-refractivity contribution >= 4 is 33.2 Å². The third-order valence-electron chi connectivity index (χ3n) is 4.62. The van der Waals surface area contributed by atoms with E-state index >= 15 is 0 Å². The first kappa shape index (κ1) is 14.5. The number of aromatic amines is 1. The van der Waals surface area contributed by atoms with Gasteiger partial charge in [0, 0.05) is 27.6 Å². The molecule has 1 aromatic heterocycles. The number of H-pyrrole nitrogens is 1. The van der Waals surface area contributed by atoms with E-state index in [0.717, 1.165) is 40.6 Å². The zero-order chi connectivity index (χ0) is 16.0. The number of amides is 1. The van der Waals surface area contributed by atoms with E-state index in [1.807, 2.05) is 11.0 Å². The largest absolute Gasteiger partial charge is 0.356 e. The van der Waals surface area contributed by atoms with Crippen LogP contribution in [0.1, 0.15) is 28.4 Å². The Labute approximate surface area is 143 Å². The van der Waals surface area contributed by atoms with Gasteiger partial charge in [0.1, 0.15) is 0 Å². The molecule has 23 heavy (non-hydrogen) atoms. The number of nitrogens with zero attached hydrogens (tertiary/aromatic N) is 1. The van der Waals surface area contributed by atoms with E-state index in [4.69, 9.17) is 0 Å². The van der Waals surface area contributed by atoms with Crippen molar-refractivity contribution in [3.05, 3.63) is 69.3 Å². The monoisotopic (exact) mass is 368 g/mol. The highest BCUT2D eigenvalue weighted by Gasteiger charge is 2.30. The van der Waals surface area contributed by atoms with Gasteiger partial charge >= 0.3 is 0 Å². The molecule has 0 fully saturated rings. The van der Waals surface area contributed by atoms with Crippen molar-refractivity contribution in [2.45, 2.75) is 19.4 Å². The Morgan fingerprint density at radius 3 is 2.91 bits per heavy atom. The summed E-state index contributed by atoms with van der Waals surface area (Å²) in [5.41, 5.74) is 5.96. The molecule has 4 heteroatoms. The van der Waals surface area contributed by atoms with Crippen molar-refractivity contribution in [1.29, 1.82) is 0 Å². The van der Waals surface area contributed by atoms with Gasteiger partial charge in [-0.25, -0.2) is 0 Å². The molecule has 0 saturated heterocycles. The molecule has 4 rings (SSSR count). The number of carbonyl (C=O) groups is 1. The molecule has 1 aliphatic rings. The summed E-state index contributed by atoms with van der Waals surface area (Å²) in [6, 6.07) is 14.7. The highest BCUT2D eigenvalue weighted by Crippen LogP contribution is 2.38. The van der Waals surface area contributed by atoms with E-state index in [-0.39, 0.29) is 6.04 Å². The van der Waals surface area contributed by atoms with Gasteiger partial charge < -0.3 is 9.88 Å². The Bertz CT molecular complexity index is 900. The van der Waals surface area contributed by atoms with Crippen molar-refractivity contribution in [2.75, 3.05) is 6.54 Å². The second-order valence-corrected chi connectivity index (χ2v) is 7.03. The third-order valence-corrected chi connectivity index (χ3v) is 5.11. The van der Waals surface area contributed by atoms with Crippen molar-refractivity contribution in [3.8, 4) is 0 Å². The molecular formula is C19H17BrN2O. The Kier molecular flexibility index (Phi) is 3.49. The second-order valence-electron chi connectivity index (χ2n) is 6.12. The third kappa shape index (κ3) is 2.38. The molecule has 1 N–H and O–H groups in total. The number of fused-ring (bicyclic) bond motifs is 3. The summed E-state index contributed by atoms with van der Waals surface area (Å²) < 4.78 is 1.08. The number of halogens is 1. The normalized spacial score (nSPS) is 17.3. The van der Waals surface area contributed by atoms with Crippen LogP contribution in [0, 0.1) is 6.92 Å². The average Bonchev–Trinajstić information content (AvgIpc) is 2.91. The van der Waals surface area contributed by atoms with Crippen LogP contribution in [-0.2, 0) is 11.2 Å². The quantitative estimate of drug-likeness (QED) is 0.670. The van der Waals surface area contributed by atoms with E-state index in [1.165, 1.54) is 16.5 Å². The molecule has 0 saturated carbocycles. The average molecular weight is 369 g/mol. The van der Waals surface area contributed by atoms with Gasteiger partial charge in [-0.05, 0) is 42.7 Å². The van der Waals surface area contributed by atoms with Crippen molar-refractivity contribution in [2.24, 2.45) is 0 Å². The molecule has 1 aliphatic heterocycles. The molecule has 0 bridgehead atoms. The lowest BCUT2D eigenvalue weighted by molar-refractivity contribution is -0.120. The lowest BCUT2D eigenvalue weighted by atomic mass is 9.92. The highest BCUT2D eigenvalue weighted by molar-refractivity contribution is 9.10. The molecule has 2 heterocycles. The van der Waals surface area contributed by atoms with Gasteiger partial charge in [0.2, 0.25) is 6.41 Å². The van der Waals surface area contributed by atoms with Crippen LogP contribution in [0.2, 0.25) is 0 Å². The van der Waals surface area contributed by atoms with Crippen LogP contribution < -0.4 is 0 Å². The maximum absolute atomic E-state index is 11.6. The van der Waals surface area contributed by atoms with Crippen LogP contribution >= 0.6 is 15.9 Å². The summed E-state index contributed by atoms with van der Waals surface area (Å²) in [7, 11) is 0. The smallest absolute Gasteiger partial charge is 0.210 e. The van der Waals surface area contributed by atoms with E-state index in [2.05, 4.69) is 64.2 Å². The van der Waals surface area contributed by atoms with Gasteiger partial charge in [-0.2, -0.15) is 0 Å². The fourth-order valence-electron chi connectivity index (χ4n) is 3.59. The molecule has 0 radical (unpaired) electrons. The number of aromatic nitrogens is 1. The van der Waals surface area contributed by atoms with Gasteiger partial charge in [-0.15, -0.1) is 0 Å². The lowest BCUT2D eigenvalue weighted by Gasteiger charge is -2.33. The predicted octanol–water partition coefficient (Wildman–Crippen LogP) is 4.34. The molecule has 0 spiro atoms. The Hall–Kier alpha value is -2.07. The minimum atomic E-state index is -0.0395. The maximum Gasteiger partial charge on any atom is 0.210 e. The van der Waals surface area contributed by atoms with Crippen LogP contribution in [0.3, 0.4) is 0 Å². The number of aryl methyl sites for hydroxylation is 1. The fourth-order valence-corrected chi connectivity index (χ4v) is 3.95. The SMILES string of the molecule is Cc1cccc(C2c3[nH]c4ccc(Br)cc4c3CCN2C=O)c1. The van der Waals surface area contributed by atoms with Crippen molar-refractivity contribution < 1.29 is 4.79 Å². The minimum absolute atomic E-state index is 0.0395. The van der Waals surface area contributed by atoms with Gasteiger partial charge in [-0.3, -0.25) is 4.79 Å². The predicted molar refractivity (Wildman–Crippen MR) is 95.5 cm³/mol. The van der Waals surface area contributed by atoms with E-state index < -0.39 is 0 Å². The standard InChI is InChI=1S/C19H17BrN2O/c1-12-3-2-4-13(9-12)19-18-15(7-8-22(19)11-23)16-10-14(20)5-6-17(16)21-18/h2-6,9-11,19,21H,7-8H2,1H3. The number of carbonyl (C=O) groups excluding carboxylic acids is 1. The lowest BCUT2D eigenvalue weighted by Crippen LogP contribution is -2.35. The van der Waals surface area contributed by atoms with Crippen molar-refractivity contribution in [3.63, 3.8) is 0 Å². The van der Waals surface area contributed by atoms with Crippen LogP contribution in [0.5, 0.6) is 0 Å². The van der Waals surface area contributed by atoms with Gasteiger partial charge in [0.25, 0.3) is 0 Å². The Morgan fingerprint density at radius 2 is 2.13 bits per heavy atom. The number of nitrogens with one attached hydrogen (secondary N) is 1. The maximum atomic E-state index is 11.6. The molecule has 3 nitrogen and oxygen atoms in total. The first-order chi connectivity index (χ1) is 11.2. The molecule has 1 atom stereocenters. The minimum Gasteiger partial charge on any atom is -0.356 e. The molecule has 2 aromatic carbocycles. The van der Waals surface area contributed by atoms with Crippen LogP contribution in [-0.4, -0.2) is 22.8 Å². The molecule has 1 amide bonds. The summed E-state index contributed by atoms with van der Waals surface area (Å²) in [6.07, 6.45) is 1.85. The van der Waals surface area contributed by atoms with Gasteiger partial charge in [0.05, 0.1) is 6.04 Å². The van der Waals surface area contributed by atoms with Crippen LogP contribution in [0.4, 0.5) is 0 Å².